The second-order valence-electron chi connectivity index (χ2n) is 4.44. The van der Waals surface area contributed by atoms with E-state index < -0.39 is 0 Å². The van der Waals surface area contributed by atoms with Gasteiger partial charge in [-0.15, -0.1) is 11.3 Å². The molecule has 0 aliphatic rings. The van der Waals surface area contributed by atoms with Crippen molar-refractivity contribution < 1.29 is 0 Å². The molecule has 3 rings (SSSR count). The van der Waals surface area contributed by atoms with Gasteiger partial charge in [0, 0.05) is 26.3 Å². The van der Waals surface area contributed by atoms with E-state index in [0.29, 0.717) is 0 Å². The van der Waals surface area contributed by atoms with Crippen molar-refractivity contribution in [1.82, 2.24) is 4.98 Å². The molecule has 0 saturated carbocycles. The number of thiazole rings is 1. The van der Waals surface area contributed by atoms with Gasteiger partial charge in [0.05, 0.1) is 10.7 Å². The number of benzene rings is 2. The molecule has 0 bridgehead atoms. The average molecular weight is 409 g/mol. The van der Waals surface area contributed by atoms with Crippen molar-refractivity contribution in [3.8, 4) is 11.3 Å². The summed E-state index contributed by atoms with van der Waals surface area (Å²) < 4.78 is 2.19. The first kappa shape index (κ1) is 14.0. The van der Waals surface area contributed by atoms with Crippen molar-refractivity contribution in [2.75, 3.05) is 0 Å². The van der Waals surface area contributed by atoms with Gasteiger partial charge in [0.2, 0.25) is 0 Å². The summed E-state index contributed by atoms with van der Waals surface area (Å²) >= 11 is 8.71. The molecule has 20 heavy (non-hydrogen) atoms. The molecule has 1 aromatic heterocycles. The van der Waals surface area contributed by atoms with E-state index >= 15 is 0 Å². The Morgan fingerprint density at radius 3 is 2.45 bits per heavy atom. The zero-order valence-electron chi connectivity index (χ0n) is 10.5. The lowest BCUT2D eigenvalue weighted by Gasteiger charge is -1.99. The van der Waals surface area contributed by atoms with E-state index in [2.05, 4.69) is 67.6 Å². The molecule has 3 aromatic rings. The van der Waals surface area contributed by atoms with Gasteiger partial charge in [-0.05, 0) is 29.8 Å². The lowest BCUT2D eigenvalue weighted by molar-refractivity contribution is 1.14. The molecular formula is C16H11Br2NS. The summed E-state index contributed by atoms with van der Waals surface area (Å²) in [6.07, 6.45) is 0.873. The fraction of sp³-hybridized carbons (Fsp3) is 0.0625. The van der Waals surface area contributed by atoms with Gasteiger partial charge in [-0.25, -0.2) is 4.98 Å². The monoisotopic (exact) mass is 407 g/mol. The molecule has 1 nitrogen and oxygen atoms in total. The van der Waals surface area contributed by atoms with Gasteiger partial charge in [0.1, 0.15) is 0 Å². The zero-order chi connectivity index (χ0) is 13.9. The topological polar surface area (TPSA) is 12.9 Å². The first-order chi connectivity index (χ1) is 9.70. The summed E-state index contributed by atoms with van der Waals surface area (Å²) in [6, 6.07) is 16.6. The third-order valence-corrected chi connectivity index (χ3v) is 4.75. The van der Waals surface area contributed by atoms with Crippen molar-refractivity contribution in [3.05, 3.63) is 73.4 Å². The van der Waals surface area contributed by atoms with Crippen LogP contribution < -0.4 is 0 Å². The molecule has 0 aliphatic heterocycles. The fourth-order valence-corrected chi connectivity index (χ4v) is 3.68. The van der Waals surface area contributed by atoms with Crippen molar-refractivity contribution >= 4 is 43.2 Å². The lowest BCUT2D eigenvalue weighted by atomic mass is 10.1. The molecule has 0 N–H and O–H groups in total. The average Bonchev–Trinajstić information content (AvgIpc) is 2.87. The minimum absolute atomic E-state index is 0.873. The highest BCUT2D eigenvalue weighted by molar-refractivity contribution is 9.10. The summed E-state index contributed by atoms with van der Waals surface area (Å²) in [6.45, 7) is 0. The summed E-state index contributed by atoms with van der Waals surface area (Å²) in [7, 11) is 0. The van der Waals surface area contributed by atoms with E-state index in [9.17, 15) is 0 Å². The van der Waals surface area contributed by atoms with Crippen LogP contribution in [-0.4, -0.2) is 4.98 Å². The van der Waals surface area contributed by atoms with Crippen molar-refractivity contribution in [2.45, 2.75) is 6.42 Å². The van der Waals surface area contributed by atoms with Gasteiger partial charge < -0.3 is 0 Å². The number of hydrogen-bond donors (Lipinski definition) is 0. The summed E-state index contributed by atoms with van der Waals surface area (Å²) in [5.74, 6) is 0. The van der Waals surface area contributed by atoms with E-state index in [4.69, 9.17) is 4.98 Å². The Balaban J connectivity index is 1.84. The molecule has 1 heterocycles. The molecule has 0 unspecified atom stereocenters. The quantitative estimate of drug-likeness (QED) is 0.523. The van der Waals surface area contributed by atoms with Crippen molar-refractivity contribution in [2.24, 2.45) is 0 Å². The van der Waals surface area contributed by atoms with Gasteiger partial charge in [0.15, 0.2) is 0 Å². The highest BCUT2D eigenvalue weighted by Crippen LogP contribution is 2.26. The Labute approximate surface area is 139 Å². The first-order valence-electron chi connectivity index (χ1n) is 6.15. The molecule has 0 atom stereocenters. The van der Waals surface area contributed by atoms with Gasteiger partial charge in [-0.2, -0.15) is 0 Å². The maximum absolute atomic E-state index is 4.73. The predicted octanol–water partition coefficient (Wildman–Crippen LogP) is 5.93. The first-order valence-corrected chi connectivity index (χ1v) is 8.62. The SMILES string of the molecule is Brc1cccc(Cc2nc(-c3cccc(Br)c3)cs2)c1. The van der Waals surface area contributed by atoms with E-state index in [1.54, 1.807) is 11.3 Å². The molecule has 2 aromatic carbocycles. The second-order valence-corrected chi connectivity index (χ2v) is 7.22. The van der Waals surface area contributed by atoms with Crippen molar-refractivity contribution in [1.29, 1.82) is 0 Å². The molecular weight excluding hydrogens is 398 g/mol. The predicted molar refractivity (Wildman–Crippen MR) is 92.2 cm³/mol. The highest BCUT2D eigenvalue weighted by Gasteiger charge is 2.06. The second kappa shape index (κ2) is 6.20. The molecule has 4 heteroatoms. The highest BCUT2D eigenvalue weighted by atomic mass is 79.9. The molecule has 0 spiro atoms. The maximum Gasteiger partial charge on any atom is 0.0976 e. The van der Waals surface area contributed by atoms with E-state index in [-0.39, 0.29) is 0 Å². The largest absolute Gasteiger partial charge is 0.241 e. The fourth-order valence-electron chi connectivity index (χ4n) is 1.99. The van der Waals surface area contributed by atoms with Crippen LogP contribution in [0.3, 0.4) is 0 Å². The van der Waals surface area contributed by atoms with E-state index in [1.165, 1.54) is 5.56 Å². The minimum atomic E-state index is 0.873. The number of rotatable bonds is 3. The Bertz CT molecular complexity index is 737. The molecule has 100 valence electrons. The van der Waals surface area contributed by atoms with Crippen LogP contribution in [0.25, 0.3) is 11.3 Å². The van der Waals surface area contributed by atoms with E-state index in [0.717, 1.165) is 31.6 Å². The standard InChI is InChI=1S/C16H11Br2NS/c17-13-5-1-3-11(7-13)8-16-19-15(10-20-16)12-4-2-6-14(18)9-12/h1-7,9-10H,8H2. The zero-order valence-corrected chi connectivity index (χ0v) is 14.5. The molecule has 0 radical (unpaired) electrons. The number of aromatic nitrogens is 1. The molecule has 0 amide bonds. The van der Waals surface area contributed by atoms with Crippen LogP contribution in [0.4, 0.5) is 0 Å². The van der Waals surface area contributed by atoms with Crippen LogP contribution in [0.15, 0.2) is 62.9 Å². The Kier molecular flexibility index (Phi) is 4.34. The van der Waals surface area contributed by atoms with Crippen LogP contribution >= 0.6 is 43.2 Å². The van der Waals surface area contributed by atoms with Crippen LogP contribution in [0, 0.1) is 0 Å². The van der Waals surface area contributed by atoms with Gasteiger partial charge in [-0.1, -0.05) is 56.1 Å². The van der Waals surface area contributed by atoms with Crippen molar-refractivity contribution in [3.63, 3.8) is 0 Å². The summed E-state index contributed by atoms with van der Waals surface area (Å²) in [4.78, 5) is 4.73. The lowest BCUT2D eigenvalue weighted by Crippen LogP contribution is -1.87. The van der Waals surface area contributed by atoms with E-state index in [1.807, 2.05) is 18.2 Å². The van der Waals surface area contributed by atoms with Gasteiger partial charge >= 0.3 is 0 Å². The maximum atomic E-state index is 4.73. The number of hydrogen-bond acceptors (Lipinski definition) is 2. The smallest absolute Gasteiger partial charge is 0.0976 e. The van der Waals surface area contributed by atoms with Gasteiger partial charge in [0.25, 0.3) is 0 Å². The third kappa shape index (κ3) is 3.37. The number of nitrogens with zero attached hydrogens (tertiary/aromatic N) is 1. The Morgan fingerprint density at radius 2 is 1.70 bits per heavy atom. The molecule has 0 saturated heterocycles. The third-order valence-electron chi connectivity index (χ3n) is 2.92. The number of halogens is 2. The molecule has 0 aliphatic carbocycles. The summed E-state index contributed by atoms with van der Waals surface area (Å²) in [5.41, 5.74) is 3.46. The Hall–Kier alpha value is -0.970. The van der Waals surface area contributed by atoms with Crippen LogP contribution in [-0.2, 0) is 6.42 Å². The summed E-state index contributed by atoms with van der Waals surface area (Å²) in [5, 5.41) is 3.26. The van der Waals surface area contributed by atoms with Crippen LogP contribution in [0.5, 0.6) is 0 Å². The van der Waals surface area contributed by atoms with Crippen LogP contribution in [0.1, 0.15) is 10.6 Å². The molecule has 0 fully saturated rings. The normalized spacial score (nSPS) is 10.7. The van der Waals surface area contributed by atoms with Crippen LogP contribution in [0.2, 0.25) is 0 Å². The Morgan fingerprint density at radius 1 is 0.950 bits per heavy atom. The van der Waals surface area contributed by atoms with Gasteiger partial charge in [-0.3, -0.25) is 0 Å². The minimum Gasteiger partial charge on any atom is -0.241 e.